The van der Waals surface area contributed by atoms with Gasteiger partial charge in [-0.2, -0.15) is 4.98 Å². The SMILES string of the molecule is COc1cc(CN2C(=O)C(=Cc3cc(C(=O)NCCO)c[nH]3)c3c(Cl)nc(N)nc32)c(Cl)c(OC)c1OC. The average molecular weight is 563 g/mol. The zero-order valence-corrected chi connectivity index (χ0v) is 22.1. The molecule has 12 nitrogen and oxygen atoms in total. The Morgan fingerprint density at radius 1 is 1.18 bits per heavy atom. The molecule has 0 radical (unpaired) electrons. The van der Waals surface area contributed by atoms with Crippen molar-refractivity contribution in [3.8, 4) is 17.2 Å². The Labute approximate surface area is 227 Å². The molecule has 0 fully saturated rings. The number of nitrogens with two attached hydrogens (primary N) is 1. The van der Waals surface area contributed by atoms with E-state index in [2.05, 4.69) is 20.3 Å². The van der Waals surface area contributed by atoms with Crippen LogP contribution in [-0.4, -0.2) is 66.4 Å². The third kappa shape index (κ3) is 4.93. The number of nitrogen functional groups attached to an aromatic ring is 1. The lowest BCUT2D eigenvalue weighted by Crippen LogP contribution is -2.27. The molecule has 3 aromatic rings. The van der Waals surface area contributed by atoms with Crippen molar-refractivity contribution < 1.29 is 28.9 Å². The molecule has 2 amide bonds. The molecule has 14 heteroatoms. The molecule has 38 heavy (non-hydrogen) atoms. The highest BCUT2D eigenvalue weighted by molar-refractivity contribution is 6.41. The van der Waals surface area contributed by atoms with Gasteiger partial charge in [0.05, 0.1) is 56.2 Å². The molecule has 0 spiro atoms. The first kappa shape index (κ1) is 27.0. The van der Waals surface area contributed by atoms with Gasteiger partial charge in [-0.05, 0) is 23.8 Å². The number of benzene rings is 1. The number of aliphatic hydroxyl groups is 1. The number of methoxy groups -OCH3 is 3. The van der Waals surface area contributed by atoms with Crippen molar-refractivity contribution >= 4 is 58.4 Å². The second-order valence-electron chi connectivity index (χ2n) is 7.96. The molecule has 2 aromatic heterocycles. The number of hydrogen-bond acceptors (Lipinski definition) is 9. The molecule has 1 aliphatic rings. The summed E-state index contributed by atoms with van der Waals surface area (Å²) in [6.45, 7) is -0.115. The van der Waals surface area contributed by atoms with E-state index in [0.29, 0.717) is 28.3 Å². The summed E-state index contributed by atoms with van der Waals surface area (Å²) in [5, 5.41) is 11.7. The van der Waals surface area contributed by atoms with Gasteiger partial charge in [0.2, 0.25) is 11.7 Å². The number of nitrogens with one attached hydrogen (secondary N) is 2. The summed E-state index contributed by atoms with van der Waals surface area (Å²) in [4.78, 5) is 38.5. The van der Waals surface area contributed by atoms with Gasteiger partial charge >= 0.3 is 0 Å². The van der Waals surface area contributed by atoms with Gasteiger partial charge in [0.1, 0.15) is 5.15 Å². The number of hydrogen-bond donors (Lipinski definition) is 4. The third-order valence-corrected chi connectivity index (χ3v) is 6.39. The number of fused-ring (bicyclic) bond motifs is 1. The van der Waals surface area contributed by atoms with Crippen LogP contribution in [0.5, 0.6) is 17.2 Å². The monoisotopic (exact) mass is 562 g/mol. The van der Waals surface area contributed by atoms with Crippen LogP contribution in [0.4, 0.5) is 11.8 Å². The van der Waals surface area contributed by atoms with Crippen LogP contribution in [0, 0.1) is 0 Å². The van der Waals surface area contributed by atoms with Crippen LogP contribution in [0.1, 0.15) is 27.2 Å². The van der Waals surface area contributed by atoms with Gasteiger partial charge in [-0.25, -0.2) is 4.98 Å². The number of aliphatic hydroxyl groups excluding tert-OH is 1. The number of halogens is 2. The Bertz CT molecular complexity index is 1440. The van der Waals surface area contributed by atoms with E-state index < -0.39 is 5.91 Å². The molecule has 0 atom stereocenters. The zero-order valence-electron chi connectivity index (χ0n) is 20.6. The van der Waals surface area contributed by atoms with Crippen LogP contribution >= 0.6 is 23.2 Å². The molecule has 0 unspecified atom stereocenters. The molecule has 0 bridgehead atoms. The number of ether oxygens (including phenoxy) is 3. The van der Waals surface area contributed by atoms with Crippen LogP contribution in [-0.2, 0) is 11.3 Å². The predicted octanol–water partition coefficient (Wildman–Crippen LogP) is 2.53. The van der Waals surface area contributed by atoms with Crippen LogP contribution in [0.25, 0.3) is 11.6 Å². The van der Waals surface area contributed by atoms with Gasteiger partial charge in [0, 0.05) is 18.4 Å². The van der Waals surface area contributed by atoms with Gasteiger partial charge in [-0.3, -0.25) is 14.5 Å². The summed E-state index contributed by atoms with van der Waals surface area (Å²) in [7, 11) is 4.36. The molecule has 1 aliphatic heterocycles. The highest BCUT2D eigenvalue weighted by Gasteiger charge is 2.38. The Balaban J connectivity index is 1.77. The minimum Gasteiger partial charge on any atom is -0.493 e. The van der Waals surface area contributed by atoms with E-state index in [4.69, 9.17) is 48.3 Å². The number of aromatic amines is 1. The van der Waals surface area contributed by atoms with Gasteiger partial charge in [0.15, 0.2) is 17.3 Å². The average Bonchev–Trinajstić information content (AvgIpc) is 3.47. The Morgan fingerprint density at radius 3 is 2.58 bits per heavy atom. The van der Waals surface area contributed by atoms with Crippen LogP contribution in [0.3, 0.4) is 0 Å². The van der Waals surface area contributed by atoms with E-state index in [-0.39, 0.29) is 64.4 Å². The van der Waals surface area contributed by atoms with Crippen LogP contribution in [0.15, 0.2) is 18.3 Å². The van der Waals surface area contributed by atoms with E-state index in [0.717, 1.165) is 0 Å². The number of nitrogens with zero attached hydrogens (tertiary/aromatic N) is 3. The van der Waals surface area contributed by atoms with Crippen molar-refractivity contribution in [2.24, 2.45) is 0 Å². The second kappa shape index (κ2) is 11.2. The van der Waals surface area contributed by atoms with Gasteiger partial charge in [-0.1, -0.05) is 23.2 Å². The minimum absolute atomic E-state index is 0.0157. The number of carbonyl (C=O) groups excluding carboxylic acids is 2. The number of rotatable bonds is 9. The van der Waals surface area contributed by atoms with Crippen molar-refractivity contribution in [1.29, 1.82) is 0 Å². The van der Waals surface area contributed by atoms with E-state index in [1.807, 2.05) is 0 Å². The first-order valence-electron chi connectivity index (χ1n) is 11.2. The summed E-state index contributed by atoms with van der Waals surface area (Å²) >= 11 is 13.0. The molecule has 1 aromatic carbocycles. The predicted molar refractivity (Wildman–Crippen MR) is 142 cm³/mol. The van der Waals surface area contributed by atoms with Crippen LogP contribution in [0.2, 0.25) is 10.2 Å². The summed E-state index contributed by atoms with van der Waals surface area (Å²) < 4.78 is 16.2. The zero-order chi connectivity index (χ0) is 27.6. The number of amides is 2. The maximum atomic E-state index is 13.7. The molecule has 0 saturated heterocycles. The Hall–Kier alpha value is -4.00. The van der Waals surface area contributed by atoms with Gasteiger partial charge in [-0.15, -0.1) is 0 Å². The highest BCUT2D eigenvalue weighted by atomic mass is 35.5. The second-order valence-corrected chi connectivity index (χ2v) is 8.70. The number of H-pyrrole nitrogens is 1. The van der Waals surface area contributed by atoms with Crippen molar-refractivity contribution in [2.75, 3.05) is 45.1 Å². The van der Waals surface area contributed by atoms with Gasteiger partial charge < -0.3 is 35.4 Å². The first-order chi connectivity index (χ1) is 18.2. The van der Waals surface area contributed by atoms with Gasteiger partial charge in [0.25, 0.3) is 11.8 Å². The highest BCUT2D eigenvalue weighted by Crippen LogP contribution is 2.47. The lowest BCUT2D eigenvalue weighted by molar-refractivity contribution is -0.113. The number of aromatic nitrogens is 3. The van der Waals surface area contributed by atoms with Crippen molar-refractivity contribution in [3.63, 3.8) is 0 Å². The van der Waals surface area contributed by atoms with Crippen molar-refractivity contribution in [1.82, 2.24) is 20.3 Å². The van der Waals surface area contributed by atoms with E-state index in [1.165, 1.54) is 38.5 Å². The largest absolute Gasteiger partial charge is 0.493 e. The molecule has 3 heterocycles. The molecule has 4 rings (SSSR count). The van der Waals surface area contributed by atoms with Crippen LogP contribution < -0.4 is 30.2 Å². The topological polar surface area (TPSA) is 165 Å². The Morgan fingerprint density at radius 2 is 1.92 bits per heavy atom. The summed E-state index contributed by atoms with van der Waals surface area (Å²) in [5.41, 5.74) is 7.56. The first-order valence-corrected chi connectivity index (χ1v) is 11.9. The maximum Gasteiger partial charge on any atom is 0.260 e. The Kier molecular flexibility index (Phi) is 7.95. The standard InChI is InChI=1S/C24H24Cl2N6O6/c1-36-15-7-12(17(25)19(38-3)18(15)37-2)10-32-21-16(20(26)30-24(27)31-21)14(23(32)35)8-13-6-11(9-29-13)22(34)28-4-5-33/h6-9,29,33H,4-5,10H2,1-3H3,(H,28,34)(H2,27,30,31). The smallest absolute Gasteiger partial charge is 0.260 e. The molecular formula is C24H24Cl2N6O6. The molecular weight excluding hydrogens is 539 g/mol. The van der Waals surface area contributed by atoms with E-state index >= 15 is 0 Å². The van der Waals surface area contributed by atoms with E-state index in [9.17, 15) is 9.59 Å². The molecule has 0 saturated carbocycles. The quantitative estimate of drug-likeness (QED) is 0.226. The summed E-state index contributed by atoms with van der Waals surface area (Å²) in [6, 6.07) is 3.18. The summed E-state index contributed by atoms with van der Waals surface area (Å²) in [5.74, 6) is 0.133. The molecule has 5 N–H and O–H groups in total. The fraction of sp³-hybridized carbons (Fsp3) is 0.250. The fourth-order valence-electron chi connectivity index (χ4n) is 4.00. The van der Waals surface area contributed by atoms with Crippen molar-refractivity contribution in [2.45, 2.75) is 6.54 Å². The number of anilines is 2. The fourth-order valence-corrected chi connectivity index (χ4v) is 4.55. The molecule has 0 aliphatic carbocycles. The number of carbonyl (C=O) groups is 2. The normalized spacial score (nSPS) is 13.6. The van der Waals surface area contributed by atoms with Crippen molar-refractivity contribution in [3.05, 3.63) is 50.9 Å². The maximum absolute atomic E-state index is 13.7. The minimum atomic E-state index is -0.451. The lowest BCUT2D eigenvalue weighted by atomic mass is 10.1. The van der Waals surface area contributed by atoms with E-state index in [1.54, 1.807) is 12.1 Å². The molecule has 200 valence electrons. The lowest BCUT2D eigenvalue weighted by Gasteiger charge is -2.20. The summed E-state index contributed by atoms with van der Waals surface area (Å²) in [6.07, 6.45) is 3.01. The third-order valence-electron chi connectivity index (χ3n) is 5.70.